The predicted octanol–water partition coefficient (Wildman–Crippen LogP) is 8.56. The lowest BCUT2D eigenvalue weighted by Crippen LogP contribution is -2.50. The Labute approximate surface area is 164 Å². The lowest BCUT2D eigenvalue weighted by Gasteiger charge is -2.57. The molecule has 148 valence electrons. The first-order valence-electron chi connectivity index (χ1n) is 12.5. The van der Waals surface area contributed by atoms with Gasteiger partial charge in [0.25, 0.3) is 0 Å². The van der Waals surface area contributed by atoms with Gasteiger partial charge in [0, 0.05) is 6.42 Å². The quantitative estimate of drug-likeness (QED) is 0.254. The van der Waals surface area contributed by atoms with Crippen LogP contribution in [-0.4, -0.2) is 6.15 Å². The monoisotopic (exact) mass is 355 g/mol. The van der Waals surface area contributed by atoms with Crippen LogP contribution in [0, 0.1) is 11.7 Å². The average Bonchev–Trinajstić information content (AvgIpc) is 2.73. The van der Waals surface area contributed by atoms with E-state index in [1.807, 2.05) is 0 Å². The fourth-order valence-corrected chi connectivity index (χ4v) is 7.28. The summed E-state index contributed by atoms with van der Waals surface area (Å²) in [5, 5.41) is 0. The molecule has 0 heterocycles. The highest BCUT2D eigenvalue weighted by Crippen LogP contribution is 2.56. The Bertz CT molecular complexity index is 393. The van der Waals surface area contributed by atoms with Crippen LogP contribution in [0.3, 0.4) is 0 Å². The molecule has 0 atom stereocenters. The molecule has 1 heteroatoms. The largest absolute Gasteiger partial charge is 0.314 e. The summed E-state index contributed by atoms with van der Waals surface area (Å²) in [6.07, 6.45) is 27.2. The Hall–Kier alpha value is -0.375. The molecule has 0 nitrogen and oxygen atoms in total. The van der Waals surface area contributed by atoms with Gasteiger partial charge >= 0.3 is 0 Å². The normalized spacial score (nSPS) is 24.2. The third kappa shape index (κ3) is 4.91. The van der Waals surface area contributed by atoms with E-state index in [-0.39, 0.29) is 0 Å². The minimum absolute atomic E-state index is 0.463. The van der Waals surface area contributed by atoms with E-state index in [1.54, 1.807) is 0 Å². The molecular formula is C25H44B-. The standard InChI is InChI=1S/C25H44B/c1-2-3-4-5-15-22-26(23-16-9-6-10-17-23,24-18-11-7-12-19-24)25-20-13-8-14-21-25/h23-25H,2-14,16-21H2,1H3/q-1. The van der Waals surface area contributed by atoms with Crippen LogP contribution in [0.2, 0.25) is 17.5 Å². The molecular weight excluding hydrogens is 311 g/mol. The minimum atomic E-state index is -0.463. The van der Waals surface area contributed by atoms with Gasteiger partial charge in [-0.2, -0.15) is 23.4 Å². The van der Waals surface area contributed by atoms with Crippen LogP contribution >= 0.6 is 0 Å². The molecule has 0 saturated heterocycles. The van der Waals surface area contributed by atoms with E-state index in [2.05, 4.69) is 18.7 Å². The van der Waals surface area contributed by atoms with E-state index >= 15 is 0 Å². The number of unbranched alkanes of at least 4 members (excludes halogenated alkanes) is 3. The lowest BCUT2D eigenvalue weighted by atomic mass is 9.06. The zero-order valence-corrected chi connectivity index (χ0v) is 17.7. The van der Waals surface area contributed by atoms with Crippen LogP contribution in [0.5, 0.6) is 0 Å². The zero-order chi connectivity index (χ0) is 18.1. The molecule has 0 N–H and O–H groups in total. The Morgan fingerprint density at radius 1 is 0.615 bits per heavy atom. The van der Waals surface area contributed by atoms with Crippen molar-refractivity contribution < 1.29 is 0 Å². The van der Waals surface area contributed by atoms with Crippen molar-refractivity contribution in [2.24, 2.45) is 0 Å². The molecule has 0 aromatic rings. The van der Waals surface area contributed by atoms with Gasteiger partial charge in [0.15, 0.2) is 0 Å². The third-order valence-corrected chi connectivity index (χ3v) is 8.55. The second kappa shape index (κ2) is 10.8. The van der Waals surface area contributed by atoms with Crippen molar-refractivity contribution >= 4 is 6.15 Å². The van der Waals surface area contributed by atoms with Gasteiger partial charge in [0.1, 0.15) is 0 Å². The molecule has 0 radical (unpaired) electrons. The van der Waals surface area contributed by atoms with Crippen LogP contribution in [0.25, 0.3) is 0 Å². The van der Waals surface area contributed by atoms with Crippen molar-refractivity contribution in [3.63, 3.8) is 0 Å². The van der Waals surface area contributed by atoms with Crippen molar-refractivity contribution in [2.75, 3.05) is 0 Å². The number of rotatable bonds is 6. The van der Waals surface area contributed by atoms with Crippen molar-refractivity contribution in [3.05, 3.63) is 0 Å². The maximum atomic E-state index is 4.21. The Morgan fingerprint density at radius 2 is 1.04 bits per heavy atom. The summed E-state index contributed by atoms with van der Waals surface area (Å²) >= 11 is 0. The highest BCUT2D eigenvalue weighted by molar-refractivity contribution is 6.91. The molecule has 3 aliphatic rings. The molecule has 26 heavy (non-hydrogen) atoms. The topological polar surface area (TPSA) is 0 Å². The Kier molecular flexibility index (Phi) is 8.48. The van der Waals surface area contributed by atoms with Crippen LogP contribution < -0.4 is 0 Å². The van der Waals surface area contributed by atoms with Crippen LogP contribution in [0.15, 0.2) is 0 Å². The molecule has 3 rings (SSSR count). The average molecular weight is 355 g/mol. The van der Waals surface area contributed by atoms with Gasteiger partial charge < -0.3 is 5.82 Å². The van der Waals surface area contributed by atoms with Gasteiger partial charge in [-0.25, -0.2) is 0 Å². The SMILES string of the molecule is CCCCCC#C[B-](C1CCCCC1)(C1CCCCC1)C1CCCCC1. The van der Waals surface area contributed by atoms with Crippen molar-refractivity contribution in [2.45, 2.75) is 146 Å². The number of hydrogen-bond donors (Lipinski definition) is 0. The summed E-state index contributed by atoms with van der Waals surface area (Å²) < 4.78 is 0. The first kappa shape index (κ1) is 20.4. The molecule has 3 fully saturated rings. The summed E-state index contributed by atoms with van der Waals surface area (Å²) in [6, 6.07) is 0. The summed E-state index contributed by atoms with van der Waals surface area (Å²) in [6.45, 7) is 2.31. The fraction of sp³-hybridized carbons (Fsp3) is 0.920. The summed E-state index contributed by atoms with van der Waals surface area (Å²) in [7, 11) is 0. The Morgan fingerprint density at radius 3 is 1.42 bits per heavy atom. The van der Waals surface area contributed by atoms with Crippen molar-refractivity contribution in [3.8, 4) is 11.7 Å². The molecule has 0 aliphatic heterocycles. The first-order valence-corrected chi connectivity index (χ1v) is 12.5. The fourth-order valence-electron chi connectivity index (χ4n) is 7.28. The summed E-state index contributed by atoms with van der Waals surface area (Å²) in [5.41, 5.74) is 0. The molecule has 0 amide bonds. The minimum Gasteiger partial charge on any atom is -0.314 e. The van der Waals surface area contributed by atoms with Crippen LogP contribution in [0.4, 0.5) is 0 Å². The highest BCUT2D eigenvalue weighted by Gasteiger charge is 2.44. The summed E-state index contributed by atoms with van der Waals surface area (Å²) in [5.74, 6) is 11.0. The van der Waals surface area contributed by atoms with E-state index in [9.17, 15) is 0 Å². The smallest absolute Gasteiger partial charge is 0.0796 e. The molecule has 0 bridgehead atoms. The van der Waals surface area contributed by atoms with E-state index in [0.29, 0.717) is 0 Å². The van der Waals surface area contributed by atoms with Gasteiger partial charge in [-0.1, -0.05) is 116 Å². The molecule has 3 aliphatic carbocycles. The predicted molar refractivity (Wildman–Crippen MR) is 118 cm³/mol. The Balaban J connectivity index is 1.88. The van der Waals surface area contributed by atoms with Gasteiger partial charge in [-0.05, 0) is 6.42 Å². The first-order chi connectivity index (χ1) is 12.9. The molecule has 0 unspecified atom stereocenters. The van der Waals surface area contributed by atoms with Crippen molar-refractivity contribution in [1.29, 1.82) is 0 Å². The molecule has 0 spiro atoms. The van der Waals surface area contributed by atoms with E-state index in [1.165, 1.54) is 122 Å². The lowest BCUT2D eigenvalue weighted by molar-refractivity contribution is 0.421. The van der Waals surface area contributed by atoms with Crippen LogP contribution in [0.1, 0.15) is 129 Å². The summed E-state index contributed by atoms with van der Waals surface area (Å²) in [4.78, 5) is 0. The third-order valence-electron chi connectivity index (χ3n) is 8.55. The van der Waals surface area contributed by atoms with Gasteiger partial charge in [0.05, 0.1) is 6.15 Å². The maximum absolute atomic E-state index is 4.21. The molecule has 0 aromatic heterocycles. The van der Waals surface area contributed by atoms with E-state index in [0.717, 1.165) is 17.5 Å². The van der Waals surface area contributed by atoms with E-state index in [4.69, 9.17) is 0 Å². The molecule has 0 aromatic carbocycles. The molecule has 3 saturated carbocycles. The second-order valence-electron chi connectivity index (χ2n) is 10.0. The van der Waals surface area contributed by atoms with Gasteiger partial charge in [-0.3, -0.25) is 0 Å². The zero-order valence-electron chi connectivity index (χ0n) is 17.7. The van der Waals surface area contributed by atoms with E-state index < -0.39 is 6.15 Å². The van der Waals surface area contributed by atoms with Crippen molar-refractivity contribution in [1.82, 2.24) is 0 Å². The number of hydrogen-bond acceptors (Lipinski definition) is 0. The maximum Gasteiger partial charge on any atom is 0.0796 e. The van der Waals surface area contributed by atoms with Gasteiger partial charge in [-0.15, -0.1) is 0 Å². The second-order valence-corrected chi connectivity index (χ2v) is 10.0. The van der Waals surface area contributed by atoms with Gasteiger partial charge in [0.2, 0.25) is 0 Å². The highest BCUT2D eigenvalue weighted by atomic mass is 14.3. The van der Waals surface area contributed by atoms with Crippen LogP contribution in [-0.2, 0) is 0 Å².